The maximum absolute atomic E-state index is 12.0. The molecule has 1 heterocycles. The van der Waals surface area contributed by atoms with Crippen molar-refractivity contribution in [1.82, 2.24) is 4.98 Å². The van der Waals surface area contributed by atoms with Crippen molar-refractivity contribution < 1.29 is 14.7 Å². The van der Waals surface area contributed by atoms with E-state index in [9.17, 15) is 9.59 Å². The molecule has 1 aromatic heterocycles. The van der Waals surface area contributed by atoms with E-state index in [2.05, 4.69) is 26.2 Å². The molecular weight excluding hydrogens is 324 g/mol. The Morgan fingerprint density at radius 3 is 2.55 bits per heavy atom. The molecule has 0 fully saturated rings. The first kappa shape index (κ1) is 14.2. The van der Waals surface area contributed by atoms with Crippen LogP contribution in [0.3, 0.4) is 0 Å². The van der Waals surface area contributed by atoms with Gasteiger partial charge in [-0.2, -0.15) is 0 Å². The van der Waals surface area contributed by atoms with E-state index in [-0.39, 0.29) is 11.1 Å². The molecule has 6 heteroatoms. The minimum atomic E-state index is -1.12. The van der Waals surface area contributed by atoms with E-state index in [0.29, 0.717) is 5.69 Å². The number of aromatic carboxylic acids is 1. The average Bonchev–Trinajstić information content (AvgIpc) is 2.43. The zero-order chi connectivity index (χ0) is 14.7. The van der Waals surface area contributed by atoms with Crippen LogP contribution in [-0.4, -0.2) is 22.0 Å². The summed E-state index contributed by atoms with van der Waals surface area (Å²) in [6, 6.07) is 6.70. The maximum atomic E-state index is 12.0. The highest BCUT2D eigenvalue weighted by molar-refractivity contribution is 9.10. The fourth-order valence-electron chi connectivity index (χ4n) is 1.55. The van der Waals surface area contributed by atoms with Crippen LogP contribution in [0.5, 0.6) is 0 Å². The molecule has 1 aromatic carbocycles. The van der Waals surface area contributed by atoms with Crippen LogP contribution in [0.1, 0.15) is 26.3 Å². The second kappa shape index (κ2) is 5.83. The number of anilines is 1. The first-order chi connectivity index (χ1) is 9.47. The first-order valence-electron chi connectivity index (χ1n) is 5.73. The first-order valence-corrected chi connectivity index (χ1v) is 6.52. The lowest BCUT2D eigenvalue weighted by Gasteiger charge is -2.07. The van der Waals surface area contributed by atoms with Gasteiger partial charge in [-0.15, -0.1) is 0 Å². The van der Waals surface area contributed by atoms with Gasteiger partial charge in [-0.3, -0.25) is 9.78 Å². The van der Waals surface area contributed by atoms with Crippen molar-refractivity contribution in [3.05, 3.63) is 57.8 Å². The van der Waals surface area contributed by atoms with Gasteiger partial charge in [-0.1, -0.05) is 22.0 Å². The number of hydrogen-bond donors (Lipinski definition) is 2. The Labute approximate surface area is 123 Å². The molecule has 0 unspecified atom stereocenters. The number of aromatic nitrogens is 1. The van der Waals surface area contributed by atoms with Crippen LogP contribution in [0.2, 0.25) is 0 Å². The van der Waals surface area contributed by atoms with Crippen molar-refractivity contribution in [1.29, 1.82) is 0 Å². The van der Waals surface area contributed by atoms with Gasteiger partial charge in [0.05, 0.1) is 11.1 Å². The number of carbonyl (C=O) groups excluding carboxylic acids is 1. The van der Waals surface area contributed by atoms with Gasteiger partial charge in [0.1, 0.15) is 0 Å². The summed E-state index contributed by atoms with van der Waals surface area (Å²) < 4.78 is 0.882. The summed E-state index contributed by atoms with van der Waals surface area (Å²) in [5, 5.41) is 11.6. The topological polar surface area (TPSA) is 79.3 Å². The molecule has 102 valence electrons. The third-order valence-electron chi connectivity index (χ3n) is 2.68. The van der Waals surface area contributed by atoms with Crippen molar-refractivity contribution in [3.63, 3.8) is 0 Å². The number of pyridine rings is 1. The number of carboxylic acid groups (broad SMARTS) is 1. The van der Waals surface area contributed by atoms with Crippen LogP contribution < -0.4 is 5.32 Å². The summed E-state index contributed by atoms with van der Waals surface area (Å²) in [6.45, 7) is 1.94. The number of nitrogens with zero attached hydrogens (tertiary/aromatic N) is 1. The summed E-state index contributed by atoms with van der Waals surface area (Å²) >= 11 is 3.38. The monoisotopic (exact) mass is 334 g/mol. The SMILES string of the molecule is Cc1ccc(NC(=O)c2cncc(C(=O)O)c2)cc1Br. The van der Waals surface area contributed by atoms with Gasteiger partial charge < -0.3 is 10.4 Å². The number of hydrogen-bond acceptors (Lipinski definition) is 3. The zero-order valence-corrected chi connectivity index (χ0v) is 12.1. The van der Waals surface area contributed by atoms with Crippen LogP contribution in [0, 0.1) is 6.92 Å². The smallest absolute Gasteiger partial charge is 0.337 e. The van der Waals surface area contributed by atoms with Gasteiger partial charge in [0.2, 0.25) is 0 Å². The van der Waals surface area contributed by atoms with Crippen LogP contribution in [0.15, 0.2) is 41.1 Å². The molecule has 20 heavy (non-hydrogen) atoms. The molecule has 0 spiro atoms. The van der Waals surface area contributed by atoms with Crippen molar-refractivity contribution in [2.45, 2.75) is 6.92 Å². The molecule has 5 nitrogen and oxygen atoms in total. The predicted molar refractivity (Wildman–Crippen MR) is 78.0 cm³/mol. The van der Waals surface area contributed by atoms with Gasteiger partial charge in [0.25, 0.3) is 5.91 Å². The van der Waals surface area contributed by atoms with E-state index in [4.69, 9.17) is 5.11 Å². The number of carboxylic acids is 1. The number of carbonyl (C=O) groups is 2. The van der Waals surface area contributed by atoms with Crippen LogP contribution in [0.4, 0.5) is 5.69 Å². The molecule has 0 aliphatic heterocycles. The summed E-state index contributed by atoms with van der Waals surface area (Å²) in [5.74, 6) is -1.53. The van der Waals surface area contributed by atoms with Crippen molar-refractivity contribution in [2.24, 2.45) is 0 Å². The molecule has 0 aliphatic rings. The van der Waals surface area contributed by atoms with E-state index in [1.807, 2.05) is 13.0 Å². The zero-order valence-electron chi connectivity index (χ0n) is 10.6. The van der Waals surface area contributed by atoms with E-state index < -0.39 is 11.9 Å². The number of benzene rings is 1. The lowest BCUT2D eigenvalue weighted by molar-refractivity contribution is 0.0696. The van der Waals surface area contributed by atoms with Crippen molar-refractivity contribution >= 4 is 33.5 Å². The van der Waals surface area contributed by atoms with Crippen molar-refractivity contribution in [3.8, 4) is 0 Å². The van der Waals surface area contributed by atoms with Crippen LogP contribution in [0.25, 0.3) is 0 Å². The van der Waals surface area contributed by atoms with E-state index in [1.54, 1.807) is 12.1 Å². The van der Waals surface area contributed by atoms with Gasteiger partial charge in [-0.25, -0.2) is 4.79 Å². The Bertz CT molecular complexity index is 686. The third-order valence-corrected chi connectivity index (χ3v) is 3.53. The Balaban J connectivity index is 2.21. The lowest BCUT2D eigenvalue weighted by Crippen LogP contribution is -2.13. The summed E-state index contributed by atoms with van der Waals surface area (Å²) in [7, 11) is 0. The summed E-state index contributed by atoms with van der Waals surface area (Å²) in [6.07, 6.45) is 2.52. The highest BCUT2D eigenvalue weighted by Crippen LogP contribution is 2.21. The Morgan fingerprint density at radius 1 is 1.20 bits per heavy atom. The fourth-order valence-corrected chi connectivity index (χ4v) is 1.93. The van der Waals surface area contributed by atoms with Crippen LogP contribution >= 0.6 is 15.9 Å². The molecule has 2 rings (SSSR count). The summed E-state index contributed by atoms with van der Waals surface area (Å²) in [4.78, 5) is 26.6. The second-order valence-electron chi connectivity index (χ2n) is 4.19. The predicted octanol–water partition coefficient (Wildman–Crippen LogP) is 3.10. The molecular formula is C14H11BrN2O3. The molecule has 0 saturated heterocycles. The van der Waals surface area contributed by atoms with Gasteiger partial charge >= 0.3 is 5.97 Å². The maximum Gasteiger partial charge on any atom is 0.337 e. The largest absolute Gasteiger partial charge is 0.478 e. The molecule has 0 saturated carbocycles. The second-order valence-corrected chi connectivity index (χ2v) is 5.04. The number of rotatable bonds is 3. The Kier molecular flexibility index (Phi) is 4.14. The standard InChI is InChI=1S/C14H11BrN2O3/c1-8-2-3-11(5-12(8)15)17-13(18)9-4-10(14(19)20)7-16-6-9/h2-7H,1H3,(H,17,18)(H,19,20). The summed E-state index contributed by atoms with van der Waals surface area (Å²) in [5.41, 5.74) is 1.84. The van der Waals surface area contributed by atoms with E-state index >= 15 is 0 Å². The number of aryl methyl sites for hydroxylation is 1. The Morgan fingerprint density at radius 2 is 1.90 bits per heavy atom. The molecule has 2 N–H and O–H groups in total. The van der Waals surface area contributed by atoms with Gasteiger partial charge in [0, 0.05) is 22.6 Å². The molecule has 0 atom stereocenters. The van der Waals surface area contributed by atoms with Crippen LogP contribution in [-0.2, 0) is 0 Å². The van der Waals surface area contributed by atoms with E-state index in [1.165, 1.54) is 18.5 Å². The molecule has 0 aliphatic carbocycles. The fraction of sp³-hybridized carbons (Fsp3) is 0.0714. The molecule has 0 bridgehead atoms. The minimum absolute atomic E-state index is 0.0252. The van der Waals surface area contributed by atoms with Gasteiger partial charge in [-0.05, 0) is 30.7 Å². The average molecular weight is 335 g/mol. The third kappa shape index (κ3) is 3.21. The minimum Gasteiger partial charge on any atom is -0.478 e. The quantitative estimate of drug-likeness (QED) is 0.903. The molecule has 1 amide bonds. The molecule has 0 radical (unpaired) electrons. The highest BCUT2D eigenvalue weighted by atomic mass is 79.9. The van der Waals surface area contributed by atoms with Gasteiger partial charge in [0.15, 0.2) is 0 Å². The lowest BCUT2D eigenvalue weighted by atomic mass is 10.2. The number of nitrogens with one attached hydrogen (secondary N) is 1. The van der Waals surface area contributed by atoms with E-state index in [0.717, 1.165) is 10.0 Å². The number of amides is 1. The Hall–Kier alpha value is -2.21. The normalized spacial score (nSPS) is 10.1. The number of halogens is 1. The highest BCUT2D eigenvalue weighted by Gasteiger charge is 2.11. The molecule has 2 aromatic rings. The van der Waals surface area contributed by atoms with Crippen molar-refractivity contribution in [2.75, 3.05) is 5.32 Å².